The van der Waals surface area contributed by atoms with Crippen molar-refractivity contribution >= 4 is 0 Å². The van der Waals surface area contributed by atoms with Crippen LogP contribution in [-0.2, 0) is 0 Å². The van der Waals surface area contributed by atoms with E-state index in [0.717, 1.165) is 0 Å². The molecule has 6 rings (SSSR count). The molecule has 0 spiro atoms. The molecule has 0 nitrogen and oxygen atoms in total. The lowest BCUT2D eigenvalue weighted by Crippen LogP contribution is -2.28. The van der Waals surface area contributed by atoms with Crippen molar-refractivity contribution in [3.05, 3.63) is 168 Å². The monoisotopic (exact) mass is 454 g/mol. The quantitative estimate of drug-likeness (QED) is 0.396. The van der Waals surface area contributed by atoms with Crippen molar-refractivity contribution in [1.82, 2.24) is 0 Å². The molecule has 2 atom stereocenters. The zero-order valence-electron chi connectivity index (χ0n) is 21.0. The van der Waals surface area contributed by atoms with Crippen LogP contribution in [0.25, 0.3) is 11.1 Å². The van der Waals surface area contributed by atoms with E-state index in [1.54, 1.807) is 6.08 Å². The maximum atomic E-state index is 3.46. The zero-order chi connectivity index (χ0) is 24.6. The first-order valence-corrected chi connectivity index (χ1v) is 12.3. The van der Waals surface area contributed by atoms with Gasteiger partial charge in [-0.2, -0.15) is 0 Å². The predicted octanol–water partition coefficient (Wildman–Crippen LogP) is 9.45. The van der Waals surface area contributed by atoms with Crippen molar-refractivity contribution < 1.29 is 0 Å². The van der Waals surface area contributed by atoms with Gasteiger partial charge in [0.15, 0.2) is 0 Å². The lowest BCUT2D eigenvalue weighted by atomic mass is 9.64. The highest BCUT2D eigenvalue weighted by Crippen LogP contribution is 2.49. The third kappa shape index (κ3) is 5.61. The normalized spacial score (nSPS) is 20.5. The van der Waals surface area contributed by atoms with Crippen molar-refractivity contribution in [2.75, 3.05) is 0 Å². The van der Waals surface area contributed by atoms with Gasteiger partial charge in [-0.1, -0.05) is 140 Å². The van der Waals surface area contributed by atoms with Crippen LogP contribution in [0.4, 0.5) is 0 Å². The Morgan fingerprint density at radius 3 is 1.94 bits per heavy atom. The fourth-order valence-corrected chi connectivity index (χ4v) is 4.88. The van der Waals surface area contributed by atoms with E-state index >= 15 is 0 Å². The molecule has 2 unspecified atom stereocenters. The fourth-order valence-electron chi connectivity index (χ4n) is 4.88. The van der Waals surface area contributed by atoms with Gasteiger partial charge < -0.3 is 0 Å². The van der Waals surface area contributed by atoms with Gasteiger partial charge in [-0.3, -0.25) is 0 Å². The molecule has 0 amide bonds. The summed E-state index contributed by atoms with van der Waals surface area (Å²) in [5, 5.41) is 0. The van der Waals surface area contributed by atoms with Crippen molar-refractivity contribution in [3.8, 4) is 11.1 Å². The topological polar surface area (TPSA) is 0 Å². The summed E-state index contributed by atoms with van der Waals surface area (Å²) in [6, 6.07) is 19.0. The molecule has 0 bridgehead atoms. The third-order valence-corrected chi connectivity index (χ3v) is 6.72. The maximum absolute atomic E-state index is 3.46. The highest BCUT2D eigenvalue weighted by atomic mass is 14.4. The minimum absolute atomic E-state index is 0.555. The minimum atomic E-state index is 0.555. The first kappa shape index (κ1) is 24.2. The lowest BCUT2D eigenvalue weighted by Gasteiger charge is -2.40. The van der Waals surface area contributed by atoms with Crippen LogP contribution in [0.15, 0.2) is 162 Å². The van der Waals surface area contributed by atoms with Crippen molar-refractivity contribution in [1.29, 1.82) is 0 Å². The third-order valence-electron chi connectivity index (χ3n) is 6.72. The Labute approximate surface area is 211 Å². The Morgan fingerprint density at radius 1 is 0.657 bits per heavy atom. The van der Waals surface area contributed by atoms with Crippen LogP contribution >= 0.6 is 0 Å². The molecule has 0 N–H and O–H groups in total. The van der Waals surface area contributed by atoms with Crippen LogP contribution in [0, 0.1) is 18.8 Å². The molecule has 4 aliphatic carbocycles. The van der Waals surface area contributed by atoms with Gasteiger partial charge in [0, 0.05) is 11.8 Å². The molecule has 0 fully saturated rings. The van der Waals surface area contributed by atoms with E-state index < -0.39 is 0 Å². The smallest absolute Gasteiger partial charge is 0.0201 e. The van der Waals surface area contributed by atoms with Gasteiger partial charge in [-0.05, 0) is 59.8 Å². The number of hydrogen-bond acceptors (Lipinski definition) is 0. The van der Waals surface area contributed by atoms with Crippen LogP contribution in [0.1, 0.15) is 19.4 Å². The van der Waals surface area contributed by atoms with E-state index in [9.17, 15) is 0 Å². The molecular weight excluding hydrogens is 420 g/mol. The van der Waals surface area contributed by atoms with Gasteiger partial charge in [-0.15, -0.1) is 0 Å². The van der Waals surface area contributed by atoms with E-state index in [-0.39, 0.29) is 0 Å². The second-order valence-electron chi connectivity index (χ2n) is 9.11. The first-order chi connectivity index (χ1) is 17.1. The molecule has 4 aliphatic rings. The molecular formula is C35H34. The highest BCUT2D eigenvalue weighted by Gasteiger charge is 2.37. The standard InChI is InChI=1S/C17H14.C13H12.C5H8/c1-11-5-6-14-8-7-12-3-2-4-13-9-10-15(11)17(14)16(12)13;1-11-7-9-13(10-8-11)12-5-3-2-4-6-12;1-3-5-4-2/h2-10,16-17H,1H3;2-10H,1H3;3-5H,1H2,2H3/b;;5-4-. The first-order valence-electron chi connectivity index (χ1n) is 12.3. The lowest BCUT2D eigenvalue weighted by molar-refractivity contribution is 0.560. The van der Waals surface area contributed by atoms with Crippen molar-refractivity contribution in [2.24, 2.45) is 11.8 Å². The van der Waals surface area contributed by atoms with E-state index in [4.69, 9.17) is 0 Å². The van der Waals surface area contributed by atoms with E-state index in [1.807, 2.05) is 25.1 Å². The second-order valence-corrected chi connectivity index (χ2v) is 9.11. The molecule has 35 heavy (non-hydrogen) atoms. The summed E-state index contributed by atoms with van der Waals surface area (Å²) < 4.78 is 0. The Kier molecular flexibility index (Phi) is 7.95. The molecule has 0 saturated carbocycles. The van der Waals surface area contributed by atoms with Crippen LogP contribution in [0.5, 0.6) is 0 Å². The van der Waals surface area contributed by atoms with Crippen LogP contribution in [0.3, 0.4) is 0 Å². The molecule has 174 valence electrons. The Bertz CT molecular complexity index is 1300. The summed E-state index contributed by atoms with van der Waals surface area (Å²) in [7, 11) is 0. The van der Waals surface area contributed by atoms with Crippen LogP contribution in [0.2, 0.25) is 0 Å². The molecule has 0 heterocycles. The van der Waals surface area contributed by atoms with E-state index in [2.05, 4.69) is 124 Å². The molecule has 0 radical (unpaired) electrons. The molecule has 2 aromatic rings. The summed E-state index contributed by atoms with van der Waals surface area (Å²) in [6.45, 7) is 9.75. The number of rotatable bonds is 2. The van der Waals surface area contributed by atoms with Crippen molar-refractivity contribution in [2.45, 2.75) is 20.8 Å². The van der Waals surface area contributed by atoms with Gasteiger partial charge in [0.05, 0.1) is 0 Å². The Hall–Kier alpha value is -3.90. The van der Waals surface area contributed by atoms with Crippen molar-refractivity contribution in [3.63, 3.8) is 0 Å². The maximum Gasteiger partial charge on any atom is 0.0201 e. The number of aryl methyl sites for hydroxylation is 1. The molecule has 2 aromatic carbocycles. The van der Waals surface area contributed by atoms with Gasteiger partial charge >= 0.3 is 0 Å². The number of allylic oxidation sites excluding steroid dienone is 17. The number of benzene rings is 2. The summed E-state index contributed by atoms with van der Waals surface area (Å²) in [4.78, 5) is 0. The summed E-state index contributed by atoms with van der Waals surface area (Å²) in [5.74, 6) is 1.11. The molecule has 0 heteroatoms. The van der Waals surface area contributed by atoms with E-state index in [0.29, 0.717) is 11.8 Å². The molecule has 0 aliphatic heterocycles. The van der Waals surface area contributed by atoms with Crippen LogP contribution < -0.4 is 0 Å². The Morgan fingerprint density at radius 2 is 1.29 bits per heavy atom. The molecule has 0 saturated heterocycles. The summed E-state index contributed by atoms with van der Waals surface area (Å²) in [6.07, 6.45) is 25.9. The largest absolute Gasteiger partial charge is 0.0991 e. The summed E-state index contributed by atoms with van der Waals surface area (Å²) in [5.41, 5.74) is 11.2. The fraction of sp³-hybridized carbons (Fsp3) is 0.143. The SMILES string of the molecule is C=C/C=C\C.CC1=C2C=CC3=CC=CC4=CC=C(C=C1)C2C34.Cc1ccc(-c2ccccc2)cc1. The average molecular weight is 455 g/mol. The highest BCUT2D eigenvalue weighted by molar-refractivity contribution is 5.63. The Balaban J connectivity index is 0.000000143. The minimum Gasteiger partial charge on any atom is -0.0991 e. The predicted molar refractivity (Wildman–Crippen MR) is 153 cm³/mol. The van der Waals surface area contributed by atoms with Gasteiger partial charge in [-0.25, -0.2) is 0 Å². The number of hydrogen-bond donors (Lipinski definition) is 0. The second kappa shape index (κ2) is 11.5. The zero-order valence-corrected chi connectivity index (χ0v) is 21.0. The average Bonchev–Trinajstić information content (AvgIpc) is 2.90. The van der Waals surface area contributed by atoms with Gasteiger partial charge in [0.1, 0.15) is 0 Å². The van der Waals surface area contributed by atoms with Crippen LogP contribution in [-0.4, -0.2) is 0 Å². The van der Waals surface area contributed by atoms with E-state index in [1.165, 1.54) is 44.6 Å². The van der Waals surface area contributed by atoms with Gasteiger partial charge in [0.25, 0.3) is 0 Å². The molecule has 0 aromatic heterocycles. The van der Waals surface area contributed by atoms with Gasteiger partial charge in [0.2, 0.25) is 0 Å². The summed E-state index contributed by atoms with van der Waals surface area (Å²) >= 11 is 0.